The van der Waals surface area contributed by atoms with E-state index in [9.17, 15) is 13.2 Å². The lowest BCUT2D eigenvalue weighted by atomic mass is 10.2. The number of hydrogen-bond donors (Lipinski definition) is 1. The SMILES string of the molecule is CC(C)(N)OC(=O)N1CCN(c2ncc(OCc3ccc(S(C)(=O)=O)cc3)cn2)CC1. The lowest BCUT2D eigenvalue weighted by molar-refractivity contribution is 0.0167. The van der Waals surface area contributed by atoms with Crippen LogP contribution in [0.2, 0.25) is 0 Å². The molecule has 11 heteroatoms. The third kappa shape index (κ3) is 6.53. The first kappa shape index (κ1) is 22.8. The smallest absolute Gasteiger partial charge is 0.411 e. The lowest BCUT2D eigenvalue weighted by Gasteiger charge is -2.35. The van der Waals surface area contributed by atoms with Crippen molar-refractivity contribution < 1.29 is 22.7 Å². The first-order valence-corrected chi connectivity index (χ1v) is 11.7. The van der Waals surface area contributed by atoms with Crippen LogP contribution in [0.25, 0.3) is 0 Å². The van der Waals surface area contributed by atoms with Gasteiger partial charge in [0.05, 0.1) is 17.3 Å². The zero-order valence-corrected chi connectivity index (χ0v) is 18.6. The molecule has 1 fully saturated rings. The number of sulfone groups is 1. The summed E-state index contributed by atoms with van der Waals surface area (Å²) in [6.07, 6.45) is 3.92. The molecule has 10 nitrogen and oxygen atoms in total. The number of piperazine rings is 1. The van der Waals surface area contributed by atoms with Crippen LogP contribution in [-0.2, 0) is 21.2 Å². The summed E-state index contributed by atoms with van der Waals surface area (Å²) in [6, 6.07) is 6.53. The molecule has 2 heterocycles. The minimum absolute atomic E-state index is 0.268. The Labute approximate surface area is 181 Å². The number of aromatic nitrogens is 2. The van der Waals surface area contributed by atoms with Gasteiger partial charge < -0.3 is 19.3 Å². The molecule has 1 aromatic heterocycles. The number of carbonyl (C=O) groups is 1. The maximum atomic E-state index is 12.1. The first-order valence-electron chi connectivity index (χ1n) is 9.77. The summed E-state index contributed by atoms with van der Waals surface area (Å²) in [4.78, 5) is 24.6. The fourth-order valence-corrected chi connectivity index (χ4v) is 3.56. The van der Waals surface area contributed by atoms with Crippen LogP contribution in [0.15, 0.2) is 41.6 Å². The average molecular weight is 450 g/mol. The van der Waals surface area contributed by atoms with E-state index in [1.807, 2.05) is 4.90 Å². The molecule has 0 aliphatic carbocycles. The fraction of sp³-hybridized carbons (Fsp3) is 0.450. The van der Waals surface area contributed by atoms with Gasteiger partial charge in [-0.15, -0.1) is 0 Å². The van der Waals surface area contributed by atoms with Gasteiger partial charge in [-0.3, -0.25) is 5.73 Å². The highest BCUT2D eigenvalue weighted by molar-refractivity contribution is 7.90. The molecule has 2 N–H and O–H groups in total. The molecule has 1 aromatic carbocycles. The second-order valence-corrected chi connectivity index (χ2v) is 9.88. The molecule has 1 amide bonds. The van der Waals surface area contributed by atoms with Crippen molar-refractivity contribution in [1.82, 2.24) is 14.9 Å². The van der Waals surface area contributed by atoms with Crippen LogP contribution in [-0.4, -0.2) is 67.5 Å². The van der Waals surface area contributed by atoms with Crippen molar-refractivity contribution in [2.24, 2.45) is 5.73 Å². The number of nitrogens with two attached hydrogens (primary N) is 1. The fourth-order valence-electron chi connectivity index (χ4n) is 2.93. The third-order valence-electron chi connectivity index (χ3n) is 4.54. The highest BCUT2D eigenvalue weighted by Gasteiger charge is 2.26. The summed E-state index contributed by atoms with van der Waals surface area (Å²) in [5.41, 5.74) is 5.55. The van der Waals surface area contributed by atoms with Crippen molar-refractivity contribution in [1.29, 1.82) is 0 Å². The van der Waals surface area contributed by atoms with Gasteiger partial charge in [0.25, 0.3) is 0 Å². The van der Waals surface area contributed by atoms with Crippen molar-refractivity contribution in [2.45, 2.75) is 31.1 Å². The Morgan fingerprint density at radius 1 is 1.10 bits per heavy atom. The van der Waals surface area contributed by atoms with E-state index in [-0.39, 0.29) is 11.5 Å². The molecule has 0 unspecified atom stereocenters. The van der Waals surface area contributed by atoms with Crippen molar-refractivity contribution in [3.05, 3.63) is 42.2 Å². The molecule has 3 rings (SSSR count). The van der Waals surface area contributed by atoms with Crippen LogP contribution < -0.4 is 15.4 Å². The molecule has 0 spiro atoms. The standard InChI is InChI=1S/C20H27N5O5S/c1-20(2,21)30-19(26)25-10-8-24(9-11-25)18-22-12-16(13-23-18)29-14-15-4-6-17(7-5-15)31(3,27)28/h4-7,12-13H,8-11,14,21H2,1-3H3. The summed E-state index contributed by atoms with van der Waals surface area (Å²) in [5, 5.41) is 0. The van der Waals surface area contributed by atoms with E-state index in [2.05, 4.69) is 9.97 Å². The molecular formula is C20H27N5O5S. The topological polar surface area (TPSA) is 128 Å². The highest BCUT2D eigenvalue weighted by Crippen LogP contribution is 2.17. The van der Waals surface area contributed by atoms with E-state index in [1.54, 1.807) is 55.4 Å². The Morgan fingerprint density at radius 3 is 2.19 bits per heavy atom. The number of nitrogens with zero attached hydrogens (tertiary/aromatic N) is 4. The molecular weight excluding hydrogens is 422 g/mol. The predicted octanol–water partition coefficient (Wildman–Crippen LogP) is 1.41. The number of carbonyl (C=O) groups excluding carboxylic acids is 1. The maximum absolute atomic E-state index is 12.1. The molecule has 168 valence electrons. The number of anilines is 1. The van der Waals surface area contributed by atoms with Crippen LogP contribution in [0.5, 0.6) is 5.75 Å². The van der Waals surface area contributed by atoms with Gasteiger partial charge in [0.1, 0.15) is 6.61 Å². The molecule has 1 aliphatic rings. The largest absolute Gasteiger partial charge is 0.486 e. The van der Waals surface area contributed by atoms with Crippen molar-refractivity contribution >= 4 is 21.9 Å². The maximum Gasteiger partial charge on any atom is 0.411 e. The Kier molecular flexibility index (Phi) is 6.65. The molecule has 31 heavy (non-hydrogen) atoms. The molecule has 2 aromatic rings. The van der Waals surface area contributed by atoms with Gasteiger partial charge in [0, 0.05) is 32.4 Å². The lowest BCUT2D eigenvalue weighted by Crippen LogP contribution is -2.51. The second kappa shape index (κ2) is 9.06. The Bertz CT molecular complexity index is 996. The normalized spacial score (nSPS) is 15.0. The molecule has 1 aliphatic heterocycles. The predicted molar refractivity (Wildman–Crippen MR) is 114 cm³/mol. The summed E-state index contributed by atoms with van der Waals surface area (Å²) >= 11 is 0. The Morgan fingerprint density at radius 2 is 1.68 bits per heavy atom. The molecule has 0 bridgehead atoms. The number of hydrogen-bond acceptors (Lipinski definition) is 9. The van der Waals surface area contributed by atoms with Crippen molar-refractivity contribution in [3.63, 3.8) is 0 Å². The van der Waals surface area contributed by atoms with E-state index in [0.717, 1.165) is 5.56 Å². The summed E-state index contributed by atoms with van der Waals surface area (Å²) in [5.74, 6) is 1.06. The van der Waals surface area contributed by atoms with E-state index in [1.165, 1.54) is 6.26 Å². The minimum Gasteiger partial charge on any atom is -0.486 e. The van der Waals surface area contributed by atoms with Gasteiger partial charge in [0.2, 0.25) is 5.95 Å². The minimum atomic E-state index is -3.22. The van der Waals surface area contributed by atoms with Crippen LogP contribution in [0, 0.1) is 0 Å². The molecule has 0 radical (unpaired) electrons. The van der Waals surface area contributed by atoms with Gasteiger partial charge in [0.15, 0.2) is 21.3 Å². The first-order chi connectivity index (χ1) is 14.5. The van der Waals surface area contributed by atoms with Gasteiger partial charge >= 0.3 is 6.09 Å². The van der Waals surface area contributed by atoms with Gasteiger partial charge in [-0.25, -0.2) is 23.2 Å². The third-order valence-corrected chi connectivity index (χ3v) is 5.67. The van der Waals surface area contributed by atoms with Gasteiger partial charge in [-0.05, 0) is 31.5 Å². The zero-order chi connectivity index (χ0) is 22.6. The van der Waals surface area contributed by atoms with Crippen molar-refractivity contribution in [3.8, 4) is 5.75 Å². The van der Waals surface area contributed by atoms with Gasteiger partial charge in [-0.2, -0.15) is 0 Å². The Hall–Kier alpha value is -2.92. The average Bonchev–Trinajstić information content (AvgIpc) is 2.71. The van der Waals surface area contributed by atoms with E-state index in [0.29, 0.717) is 37.9 Å². The summed E-state index contributed by atoms with van der Waals surface area (Å²) < 4.78 is 33.9. The molecule has 1 saturated heterocycles. The quantitative estimate of drug-likeness (QED) is 0.651. The summed E-state index contributed by atoms with van der Waals surface area (Å²) in [6.45, 7) is 5.65. The van der Waals surface area contributed by atoms with Crippen LogP contribution in [0.4, 0.5) is 10.7 Å². The monoisotopic (exact) mass is 449 g/mol. The number of ether oxygens (including phenoxy) is 2. The van der Waals surface area contributed by atoms with E-state index < -0.39 is 21.7 Å². The number of rotatable bonds is 6. The number of benzene rings is 1. The highest BCUT2D eigenvalue weighted by atomic mass is 32.2. The van der Waals surface area contributed by atoms with Crippen LogP contribution in [0.3, 0.4) is 0 Å². The zero-order valence-electron chi connectivity index (χ0n) is 17.8. The molecule has 0 saturated carbocycles. The van der Waals surface area contributed by atoms with E-state index >= 15 is 0 Å². The molecule has 0 atom stereocenters. The van der Waals surface area contributed by atoms with Crippen molar-refractivity contribution in [2.75, 3.05) is 37.3 Å². The Balaban J connectivity index is 1.50. The summed E-state index contributed by atoms with van der Waals surface area (Å²) in [7, 11) is -3.22. The van der Waals surface area contributed by atoms with Gasteiger partial charge in [-0.1, -0.05) is 12.1 Å². The van der Waals surface area contributed by atoms with Crippen LogP contribution >= 0.6 is 0 Å². The number of amides is 1. The second-order valence-electron chi connectivity index (χ2n) is 7.87. The van der Waals surface area contributed by atoms with E-state index in [4.69, 9.17) is 15.2 Å². The van der Waals surface area contributed by atoms with Crippen LogP contribution in [0.1, 0.15) is 19.4 Å².